The summed E-state index contributed by atoms with van der Waals surface area (Å²) in [5.74, 6) is -0.851. The highest BCUT2D eigenvalue weighted by molar-refractivity contribution is 6.31. The molecule has 1 aliphatic heterocycles. The van der Waals surface area contributed by atoms with Gasteiger partial charge in [0.2, 0.25) is 0 Å². The van der Waals surface area contributed by atoms with Crippen LogP contribution in [0.25, 0.3) is 10.9 Å². The van der Waals surface area contributed by atoms with E-state index in [2.05, 4.69) is 16.0 Å². The van der Waals surface area contributed by atoms with Crippen LogP contribution in [0, 0.1) is 11.3 Å². The van der Waals surface area contributed by atoms with E-state index >= 15 is 0 Å². The summed E-state index contributed by atoms with van der Waals surface area (Å²) in [6.07, 6.45) is 2.27. The number of nitriles is 1. The minimum Gasteiger partial charge on any atom is -0.480 e. The molecule has 1 aromatic heterocycles. The van der Waals surface area contributed by atoms with Crippen molar-refractivity contribution in [1.29, 1.82) is 5.26 Å². The maximum absolute atomic E-state index is 11.9. The van der Waals surface area contributed by atoms with Crippen LogP contribution >= 0.6 is 11.6 Å². The van der Waals surface area contributed by atoms with Gasteiger partial charge in [0.25, 0.3) is 0 Å². The molecule has 0 radical (unpaired) electrons. The molecular weight excluding hydrogens is 328 g/mol. The third-order valence-electron chi connectivity index (χ3n) is 4.52. The first-order valence-electron chi connectivity index (χ1n) is 7.93. The molecule has 0 spiro atoms. The van der Waals surface area contributed by atoms with E-state index in [4.69, 9.17) is 16.9 Å². The number of piperazine rings is 1. The zero-order valence-corrected chi connectivity index (χ0v) is 14.0. The van der Waals surface area contributed by atoms with Crippen molar-refractivity contribution in [3.05, 3.63) is 35.0 Å². The van der Waals surface area contributed by atoms with Gasteiger partial charge in [0.1, 0.15) is 6.04 Å². The third kappa shape index (κ3) is 3.39. The highest BCUT2D eigenvalue weighted by Gasteiger charge is 2.31. The van der Waals surface area contributed by atoms with Crippen LogP contribution in [0.2, 0.25) is 5.02 Å². The average molecular weight is 347 g/mol. The molecule has 0 bridgehead atoms. The van der Waals surface area contributed by atoms with Gasteiger partial charge < -0.3 is 10.1 Å². The Kier molecular flexibility index (Phi) is 5.05. The van der Waals surface area contributed by atoms with E-state index in [0.29, 0.717) is 24.5 Å². The van der Waals surface area contributed by atoms with Crippen molar-refractivity contribution in [2.24, 2.45) is 0 Å². The molecule has 2 heterocycles. The normalized spacial score (nSPS) is 17.7. The standard InChI is InChI=1S/C17H19ClN4O2/c18-12-2-3-13-14(11-20-15(13)10-12)16(17(23)24)22-8-6-21(7-9-22)5-1-4-19/h2-3,10-11,16,20H,1,5-9H2,(H,23,24)/t16-/m0/s1. The van der Waals surface area contributed by atoms with Gasteiger partial charge in [-0.25, -0.2) is 0 Å². The van der Waals surface area contributed by atoms with Gasteiger partial charge in [0.15, 0.2) is 0 Å². The number of fused-ring (bicyclic) bond motifs is 1. The van der Waals surface area contributed by atoms with Crippen molar-refractivity contribution in [1.82, 2.24) is 14.8 Å². The molecule has 24 heavy (non-hydrogen) atoms. The highest BCUT2D eigenvalue weighted by atomic mass is 35.5. The lowest BCUT2D eigenvalue weighted by molar-refractivity contribution is -0.144. The van der Waals surface area contributed by atoms with Crippen LogP contribution in [-0.2, 0) is 4.79 Å². The number of hydrogen-bond acceptors (Lipinski definition) is 4. The summed E-state index contributed by atoms with van der Waals surface area (Å²) in [6, 6.07) is 6.91. The van der Waals surface area contributed by atoms with Crippen LogP contribution < -0.4 is 0 Å². The molecule has 0 amide bonds. The van der Waals surface area contributed by atoms with E-state index in [0.717, 1.165) is 36.1 Å². The average Bonchev–Trinajstić information content (AvgIpc) is 2.97. The Labute approximate surface area is 145 Å². The zero-order chi connectivity index (χ0) is 17.1. The summed E-state index contributed by atoms with van der Waals surface area (Å²) in [7, 11) is 0. The van der Waals surface area contributed by atoms with E-state index in [1.54, 1.807) is 18.3 Å². The van der Waals surface area contributed by atoms with Gasteiger partial charge >= 0.3 is 5.97 Å². The number of halogens is 1. The summed E-state index contributed by atoms with van der Waals surface area (Å²) >= 11 is 6.00. The van der Waals surface area contributed by atoms with E-state index in [-0.39, 0.29) is 0 Å². The molecule has 7 heteroatoms. The summed E-state index contributed by atoms with van der Waals surface area (Å²) < 4.78 is 0. The molecule has 126 valence electrons. The number of H-pyrrole nitrogens is 1. The molecule has 1 aliphatic rings. The van der Waals surface area contributed by atoms with Crippen molar-refractivity contribution in [2.75, 3.05) is 32.7 Å². The number of nitrogens with zero attached hydrogens (tertiary/aromatic N) is 3. The summed E-state index contributed by atoms with van der Waals surface area (Å²) in [6.45, 7) is 3.64. The Hall–Kier alpha value is -2.07. The number of carboxylic acids is 1. The summed E-state index contributed by atoms with van der Waals surface area (Å²) in [5, 5.41) is 20.0. The fourth-order valence-electron chi connectivity index (χ4n) is 3.29. The molecule has 0 aliphatic carbocycles. The third-order valence-corrected chi connectivity index (χ3v) is 4.75. The maximum Gasteiger partial charge on any atom is 0.325 e. The van der Waals surface area contributed by atoms with Crippen LogP contribution in [0.5, 0.6) is 0 Å². The lowest BCUT2D eigenvalue weighted by Crippen LogP contribution is -2.49. The maximum atomic E-state index is 11.9. The molecular formula is C17H19ClN4O2. The van der Waals surface area contributed by atoms with Gasteiger partial charge in [-0.15, -0.1) is 0 Å². The highest BCUT2D eigenvalue weighted by Crippen LogP contribution is 2.30. The quantitative estimate of drug-likeness (QED) is 0.869. The van der Waals surface area contributed by atoms with E-state index in [9.17, 15) is 9.90 Å². The molecule has 1 atom stereocenters. The van der Waals surface area contributed by atoms with Crippen LogP contribution in [0.1, 0.15) is 18.0 Å². The SMILES string of the molecule is N#CCCN1CCN([C@H](C(=O)O)c2c[nH]c3cc(Cl)ccc23)CC1. The number of aromatic nitrogens is 1. The predicted molar refractivity (Wildman–Crippen MR) is 91.9 cm³/mol. The second-order valence-corrected chi connectivity index (χ2v) is 6.40. The second kappa shape index (κ2) is 7.22. The minimum absolute atomic E-state index is 0.506. The Morgan fingerprint density at radius 3 is 2.79 bits per heavy atom. The van der Waals surface area contributed by atoms with Crippen molar-refractivity contribution in [3.63, 3.8) is 0 Å². The number of aliphatic carboxylic acids is 1. The fourth-order valence-corrected chi connectivity index (χ4v) is 3.46. The number of rotatable bonds is 5. The number of hydrogen-bond donors (Lipinski definition) is 2. The van der Waals surface area contributed by atoms with Gasteiger partial charge in [-0.05, 0) is 12.1 Å². The molecule has 1 saturated heterocycles. The van der Waals surface area contributed by atoms with Crippen molar-refractivity contribution in [2.45, 2.75) is 12.5 Å². The second-order valence-electron chi connectivity index (χ2n) is 5.96. The minimum atomic E-state index is -0.851. The van der Waals surface area contributed by atoms with Gasteiger partial charge in [0, 0.05) is 66.8 Å². The number of carboxylic acid groups (broad SMARTS) is 1. The smallest absolute Gasteiger partial charge is 0.325 e. The number of aromatic amines is 1. The molecule has 6 nitrogen and oxygen atoms in total. The van der Waals surface area contributed by atoms with E-state index < -0.39 is 12.0 Å². The molecule has 2 aromatic rings. The summed E-state index contributed by atoms with van der Waals surface area (Å²) in [5.41, 5.74) is 1.61. The lowest BCUT2D eigenvalue weighted by atomic mass is 10.0. The predicted octanol–water partition coefficient (Wildman–Crippen LogP) is 2.48. The Morgan fingerprint density at radius 2 is 2.12 bits per heavy atom. The summed E-state index contributed by atoms with van der Waals surface area (Å²) in [4.78, 5) is 19.2. The Bertz CT molecular complexity index is 774. The Morgan fingerprint density at radius 1 is 1.38 bits per heavy atom. The topological polar surface area (TPSA) is 83.4 Å². The van der Waals surface area contributed by atoms with Gasteiger partial charge in [-0.3, -0.25) is 14.6 Å². The van der Waals surface area contributed by atoms with Crippen LogP contribution in [0.15, 0.2) is 24.4 Å². The Balaban J connectivity index is 1.81. The molecule has 0 saturated carbocycles. The molecule has 1 aromatic carbocycles. The van der Waals surface area contributed by atoms with Crippen LogP contribution in [-0.4, -0.2) is 58.6 Å². The van der Waals surface area contributed by atoms with Gasteiger partial charge in [-0.1, -0.05) is 17.7 Å². The number of benzene rings is 1. The van der Waals surface area contributed by atoms with Gasteiger partial charge in [-0.2, -0.15) is 5.26 Å². The molecule has 3 rings (SSSR count). The number of nitrogens with one attached hydrogen (secondary N) is 1. The monoisotopic (exact) mass is 346 g/mol. The largest absolute Gasteiger partial charge is 0.480 e. The van der Waals surface area contributed by atoms with Crippen molar-refractivity contribution < 1.29 is 9.90 Å². The van der Waals surface area contributed by atoms with Crippen molar-refractivity contribution in [3.8, 4) is 6.07 Å². The number of carbonyl (C=O) groups is 1. The first-order valence-corrected chi connectivity index (χ1v) is 8.30. The lowest BCUT2D eigenvalue weighted by Gasteiger charge is -2.37. The first kappa shape index (κ1) is 16.8. The zero-order valence-electron chi connectivity index (χ0n) is 13.2. The van der Waals surface area contributed by atoms with E-state index in [1.165, 1.54) is 0 Å². The van der Waals surface area contributed by atoms with Crippen molar-refractivity contribution >= 4 is 28.5 Å². The fraction of sp³-hybridized carbons (Fsp3) is 0.412. The molecule has 0 unspecified atom stereocenters. The van der Waals surface area contributed by atoms with E-state index in [1.807, 2.05) is 11.0 Å². The molecule has 1 fully saturated rings. The van der Waals surface area contributed by atoms with Gasteiger partial charge in [0.05, 0.1) is 6.07 Å². The first-order chi connectivity index (χ1) is 11.6. The molecule has 2 N–H and O–H groups in total. The van der Waals surface area contributed by atoms with Crippen LogP contribution in [0.4, 0.5) is 0 Å². The van der Waals surface area contributed by atoms with Crippen LogP contribution in [0.3, 0.4) is 0 Å².